The monoisotopic (exact) mass is 232 g/mol. The molecule has 0 atom stereocenters. The van der Waals surface area contributed by atoms with Crippen molar-refractivity contribution in [2.24, 2.45) is 0 Å². The molecule has 1 aromatic heterocycles. The van der Waals surface area contributed by atoms with Crippen molar-refractivity contribution in [2.75, 3.05) is 7.11 Å². The van der Waals surface area contributed by atoms with Crippen LogP contribution in [0.1, 0.15) is 17.5 Å². The zero-order valence-electron chi connectivity index (χ0n) is 9.45. The summed E-state index contributed by atoms with van der Waals surface area (Å²) in [6, 6.07) is 3.53. The van der Waals surface area contributed by atoms with Crippen LogP contribution in [0.25, 0.3) is 11.0 Å². The fraction of sp³-hybridized carbons (Fsp3) is 0.308. The number of methoxy groups -OCH3 is 1. The van der Waals surface area contributed by atoms with Gasteiger partial charge in [-0.3, -0.25) is 0 Å². The number of benzene rings is 1. The molecule has 0 saturated heterocycles. The Morgan fingerprint density at radius 3 is 2.82 bits per heavy atom. The molecule has 4 heteroatoms. The molecule has 1 aliphatic rings. The fourth-order valence-electron chi connectivity index (χ4n) is 2.48. The van der Waals surface area contributed by atoms with Gasteiger partial charge in [0, 0.05) is 10.9 Å². The van der Waals surface area contributed by atoms with E-state index >= 15 is 0 Å². The molecule has 1 aliphatic carbocycles. The number of phenolic OH excluding ortho intramolecular Hbond substituents is 1. The topological polar surface area (TPSA) is 59.7 Å². The molecule has 3 rings (SSSR count). The van der Waals surface area contributed by atoms with E-state index in [0.29, 0.717) is 5.75 Å². The Kier molecular flexibility index (Phi) is 2.11. The second-order valence-electron chi connectivity index (χ2n) is 4.19. The highest BCUT2D eigenvalue weighted by Gasteiger charge is 2.21. The second-order valence-corrected chi connectivity index (χ2v) is 4.19. The maximum Gasteiger partial charge on any atom is 0.339 e. The zero-order chi connectivity index (χ0) is 12.0. The van der Waals surface area contributed by atoms with Crippen LogP contribution in [0.2, 0.25) is 0 Å². The summed E-state index contributed by atoms with van der Waals surface area (Å²) in [7, 11) is 1.46. The first-order valence-corrected chi connectivity index (χ1v) is 5.57. The van der Waals surface area contributed by atoms with Crippen molar-refractivity contribution in [3.63, 3.8) is 0 Å². The number of ether oxygens (including phenoxy) is 1. The quantitative estimate of drug-likeness (QED) is 0.764. The van der Waals surface area contributed by atoms with E-state index in [1.807, 2.05) is 6.07 Å². The highest BCUT2D eigenvalue weighted by molar-refractivity contribution is 5.88. The lowest BCUT2D eigenvalue weighted by molar-refractivity contribution is 0.370. The van der Waals surface area contributed by atoms with E-state index in [1.54, 1.807) is 6.07 Å². The van der Waals surface area contributed by atoms with E-state index in [-0.39, 0.29) is 17.0 Å². The number of aromatic hydroxyl groups is 1. The van der Waals surface area contributed by atoms with E-state index in [1.165, 1.54) is 7.11 Å². The second kappa shape index (κ2) is 3.52. The van der Waals surface area contributed by atoms with Crippen molar-refractivity contribution >= 4 is 11.0 Å². The van der Waals surface area contributed by atoms with Crippen LogP contribution in [0.15, 0.2) is 21.3 Å². The van der Waals surface area contributed by atoms with E-state index in [4.69, 9.17) is 9.15 Å². The number of hydrogen-bond donors (Lipinski definition) is 1. The van der Waals surface area contributed by atoms with Gasteiger partial charge in [0.2, 0.25) is 5.75 Å². The van der Waals surface area contributed by atoms with Crippen LogP contribution >= 0.6 is 0 Å². The molecule has 0 fully saturated rings. The standard InChI is InChI=1S/C13H12O4/c1-16-10-6-5-8-7-3-2-4-9(7)13(15)17-12(8)11(10)14/h5-6,14H,2-4H2,1H3. The Morgan fingerprint density at radius 2 is 2.06 bits per heavy atom. The summed E-state index contributed by atoms with van der Waals surface area (Å²) in [6.07, 6.45) is 2.59. The fourth-order valence-corrected chi connectivity index (χ4v) is 2.48. The largest absolute Gasteiger partial charge is 0.502 e. The average Bonchev–Trinajstić information content (AvgIpc) is 2.81. The van der Waals surface area contributed by atoms with Gasteiger partial charge in [0.15, 0.2) is 11.3 Å². The maximum atomic E-state index is 11.8. The molecular weight excluding hydrogens is 220 g/mol. The predicted molar refractivity (Wildman–Crippen MR) is 62.7 cm³/mol. The third-order valence-corrected chi connectivity index (χ3v) is 3.30. The normalized spacial score (nSPS) is 13.9. The molecule has 2 aromatic rings. The molecule has 0 radical (unpaired) electrons. The van der Waals surface area contributed by atoms with Crippen LogP contribution in [0.3, 0.4) is 0 Å². The van der Waals surface area contributed by atoms with Crippen LogP contribution in [0, 0.1) is 0 Å². The SMILES string of the molecule is COc1ccc2c3c(c(=O)oc2c1O)CCC3. The smallest absolute Gasteiger partial charge is 0.339 e. The number of fused-ring (bicyclic) bond motifs is 3. The molecule has 0 aliphatic heterocycles. The molecule has 17 heavy (non-hydrogen) atoms. The van der Waals surface area contributed by atoms with Gasteiger partial charge in [-0.2, -0.15) is 0 Å². The lowest BCUT2D eigenvalue weighted by atomic mass is 10.1. The maximum absolute atomic E-state index is 11.8. The minimum absolute atomic E-state index is 0.100. The van der Waals surface area contributed by atoms with Crippen molar-refractivity contribution in [2.45, 2.75) is 19.3 Å². The summed E-state index contributed by atoms with van der Waals surface area (Å²) in [6.45, 7) is 0. The summed E-state index contributed by atoms with van der Waals surface area (Å²) < 4.78 is 10.2. The van der Waals surface area contributed by atoms with Gasteiger partial charge in [-0.1, -0.05) is 0 Å². The molecule has 1 heterocycles. The van der Waals surface area contributed by atoms with Crippen molar-refractivity contribution in [1.82, 2.24) is 0 Å². The Balaban J connectivity index is 2.45. The molecule has 0 unspecified atom stereocenters. The summed E-state index contributed by atoms with van der Waals surface area (Å²) in [5.41, 5.74) is 1.65. The Morgan fingerprint density at radius 1 is 1.29 bits per heavy atom. The highest BCUT2D eigenvalue weighted by atomic mass is 16.5. The van der Waals surface area contributed by atoms with E-state index in [2.05, 4.69) is 0 Å². The van der Waals surface area contributed by atoms with Gasteiger partial charge in [-0.15, -0.1) is 0 Å². The minimum atomic E-state index is -0.339. The van der Waals surface area contributed by atoms with Gasteiger partial charge in [0.25, 0.3) is 0 Å². The molecular formula is C13H12O4. The van der Waals surface area contributed by atoms with Crippen molar-refractivity contribution in [3.8, 4) is 11.5 Å². The first-order valence-electron chi connectivity index (χ1n) is 5.57. The Labute approximate surface area is 97.4 Å². The third kappa shape index (κ3) is 1.33. The Hall–Kier alpha value is -1.97. The first kappa shape index (κ1) is 10.2. The molecule has 0 spiro atoms. The van der Waals surface area contributed by atoms with Crippen LogP contribution in [0.4, 0.5) is 0 Å². The molecule has 0 saturated carbocycles. The highest BCUT2D eigenvalue weighted by Crippen LogP contribution is 2.37. The lowest BCUT2D eigenvalue weighted by Gasteiger charge is -2.08. The molecule has 1 aromatic carbocycles. The van der Waals surface area contributed by atoms with Gasteiger partial charge in [0.05, 0.1) is 7.11 Å². The molecule has 0 bridgehead atoms. The van der Waals surface area contributed by atoms with Crippen molar-refractivity contribution in [3.05, 3.63) is 33.7 Å². The zero-order valence-corrected chi connectivity index (χ0v) is 9.45. The summed E-state index contributed by atoms with van der Waals surface area (Å²) in [5, 5.41) is 10.8. The summed E-state index contributed by atoms with van der Waals surface area (Å²) in [4.78, 5) is 11.8. The van der Waals surface area contributed by atoms with Gasteiger partial charge >= 0.3 is 5.63 Å². The summed E-state index contributed by atoms with van der Waals surface area (Å²) in [5.74, 6) is 0.218. The molecule has 88 valence electrons. The first-order chi connectivity index (χ1) is 8.22. The van der Waals surface area contributed by atoms with Crippen molar-refractivity contribution < 1.29 is 14.3 Å². The number of aryl methyl sites for hydroxylation is 1. The van der Waals surface area contributed by atoms with Crippen LogP contribution in [-0.2, 0) is 12.8 Å². The van der Waals surface area contributed by atoms with E-state index in [0.717, 1.165) is 35.8 Å². The molecule has 1 N–H and O–H groups in total. The summed E-state index contributed by atoms with van der Waals surface area (Å²) >= 11 is 0. The molecule has 4 nitrogen and oxygen atoms in total. The number of phenols is 1. The van der Waals surface area contributed by atoms with E-state index < -0.39 is 0 Å². The van der Waals surface area contributed by atoms with Crippen molar-refractivity contribution in [1.29, 1.82) is 0 Å². The van der Waals surface area contributed by atoms with Gasteiger partial charge in [-0.25, -0.2) is 4.79 Å². The van der Waals surface area contributed by atoms with Gasteiger partial charge in [-0.05, 0) is 37.0 Å². The lowest BCUT2D eigenvalue weighted by Crippen LogP contribution is -2.07. The third-order valence-electron chi connectivity index (χ3n) is 3.30. The number of rotatable bonds is 1. The number of hydrogen-bond acceptors (Lipinski definition) is 4. The van der Waals surface area contributed by atoms with Crippen LogP contribution < -0.4 is 10.4 Å². The van der Waals surface area contributed by atoms with Crippen LogP contribution in [0.5, 0.6) is 11.5 Å². The minimum Gasteiger partial charge on any atom is -0.502 e. The van der Waals surface area contributed by atoms with Gasteiger partial charge < -0.3 is 14.3 Å². The molecule has 0 amide bonds. The average molecular weight is 232 g/mol. The van der Waals surface area contributed by atoms with Crippen LogP contribution in [-0.4, -0.2) is 12.2 Å². The van der Waals surface area contributed by atoms with E-state index in [9.17, 15) is 9.90 Å². The predicted octanol–water partition coefficient (Wildman–Crippen LogP) is 2.00. The Bertz CT molecular complexity index is 654. The van der Waals surface area contributed by atoms with Gasteiger partial charge in [0.1, 0.15) is 0 Å².